The summed E-state index contributed by atoms with van der Waals surface area (Å²) in [7, 11) is 0. The number of hydrogen-bond acceptors (Lipinski definition) is 3. The van der Waals surface area contributed by atoms with E-state index in [0.717, 1.165) is 49.6 Å². The first kappa shape index (κ1) is 38.9. The molecule has 0 atom stereocenters. The van der Waals surface area contributed by atoms with Gasteiger partial charge in [0.15, 0.2) is 0 Å². The number of hydrogen-bond donors (Lipinski definition) is 0. The van der Waals surface area contributed by atoms with Crippen molar-refractivity contribution in [2.75, 3.05) is 4.90 Å². The molecule has 12 rings (SSSR count). The average Bonchev–Trinajstić information content (AvgIpc) is 3.90. The maximum atomic E-state index is 8.66. The van der Waals surface area contributed by atoms with E-state index in [1.54, 1.807) is 12.3 Å². The van der Waals surface area contributed by atoms with Gasteiger partial charge in [-0.25, -0.2) is 4.98 Å². The van der Waals surface area contributed by atoms with E-state index in [0.29, 0.717) is 28.4 Å². The van der Waals surface area contributed by atoms with Crippen molar-refractivity contribution in [1.29, 1.82) is 0 Å². The first-order valence-electron chi connectivity index (χ1n) is 23.9. The Bertz CT molecular complexity index is 3980. The minimum atomic E-state index is -2.40. The SMILES string of the molecule is [2H]C([2H])([2H])c1cc(-n2c3[c-]c(Oc4[c-]c(N5[CH-]n6c7c(C)cccc7c7cc(C)ccc7c7ccccc7c7cccc5c76)ccc4)ccc3c3ccccc32)ncc1-c1ccc(C(C)(C)C)cc1.[Pt]. The summed E-state index contributed by atoms with van der Waals surface area (Å²) in [6, 6.07) is 63.6. The Morgan fingerprint density at radius 2 is 1.27 bits per heavy atom. The van der Waals surface area contributed by atoms with Crippen molar-refractivity contribution in [3.8, 4) is 28.4 Å². The minimum absolute atomic E-state index is 0. The molecule has 67 heavy (non-hydrogen) atoms. The second-order valence-corrected chi connectivity index (χ2v) is 18.4. The number of rotatable bonds is 5. The van der Waals surface area contributed by atoms with E-state index in [9.17, 15) is 0 Å². The van der Waals surface area contributed by atoms with Crippen LogP contribution in [-0.4, -0.2) is 14.1 Å². The normalized spacial score (nSPS) is 13.1. The third-order valence-corrected chi connectivity index (χ3v) is 13.2. The molecule has 0 saturated heterocycles. The van der Waals surface area contributed by atoms with Gasteiger partial charge in [0.2, 0.25) is 0 Å². The van der Waals surface area contributed by atoms with Crippen LogP contribution in [0.3, 0.4) is 0 Å². The molecule has 0 N–H and O–H groups in total. The molecule has 3 aromatic heterocycles. The third kappa shape index (κ3) is 7.03. The van der Waals surface area contributed by atoms with Gasteiger partial charge in [-0.2, -0.15) is 12.1 Å². The number of benzene rings is 8. The number of anilines is 2. The van der Waals surface area contributed by atoms with Gasteiger partial charge in [-0.1, -0.05) is 164 Å². The summed E-state index contributed by atoms with van der Waals surface area (Å²) in [4.78, 5) is 7.15. The van der Waals surface area contributed by atoms with E-state index in [1.165, 1.54) is 43.6 Å². The van der Waals surface area contributed by atoms with Gasteiger partial charge in [0.25, 0.3) is 0 Å². The molecular weight excluding hydrogens is 1000 g/mol. The van der Waals surface area contributed by atoms with Crippen LogP contribution in [0, 0.1) is 39.5 Å². The zero-order valence-electron chi connectivity index (χ0n) is 40.8. The van der Waals surface area contributed by atoms with Crippen LogP contribution >= 0.6 is 0 Å². The summed E-state index contributed by atoms with van der Waals surface area (Å²) in [6.07, 6.45) is 1.69. The molecule has 4 heterocycles. The first-order chi connectivity index (χ1) is 33.3. The van der Waals surface area contributed by atoms with Gasteiger partial charge < -0.3 is 18.8 Å². The van der Waals surface area contributed by atoms with Crippen LogP contribution in [0.5, 0.6) is 11.5 Å². The smallest absolute Gasteiger partial charge is 0.135 e. The Morgan fingerprint density at radius 3 is 2.06 bits per heavy atom. The van der Waals surface area contributed by atoms with Gasteiger partial charge in [-0.05, 0) is 111 Å². The summed E-state index contributed by atoms with van der Waals surface area (Å²) in [6.45, 7) is 10.6. The van der Waals surface area contributed by atoms with Gasteiger partial charge in [0.1, 0.15) is 5.82 Å². The Hall–Kier alpha value is -7.33. The van der Waals surface area contributed by atoms with Crippen LogP contribution in [0.2, 0.25) is 0 Å². The maximum Gasteiger partial charge on any atom is 0.135 e. The predicted molar refractivity (Wildman–Crippen MR) is 275 cm³/mol. The Labute approximate surface area is 409 Å². The van der Waals surface area contributed by atoms with Crippen LogP contribution in [0.15, 0.2) is 170 Å². The molecule has 0 fully saturated rings. The number of nitrogens with zero attached hydrogens (tertiary/aromatic N) is 4. The van der Waals surface area contributed by atoms with Crippen molar-refractivity contribution >= 4 is 76.5 Å². The van der Waals surface area contributed by atoms with Crippen molar-refractivity contribution in [3.63, 3.8) is 0 Å². The molecular formula is C61H47N4OPt-3. The van der Waals surface area contributed by atoms with Crippen LogP contribution in [0.1, 0.15) is 47.1 Å². The van der Waals surface area contributed by atoms with Gasteiger partial charge >= 0.3 is 0 Å². The van der Waals surface area contributed by atoms with Crippen LogP contribution in [0.25, 0.3) is 82.1 Å². The monoisotopic (exact) mass is 1050 g/mol. The topological polar surface area (TPSA) is 35.2 Å². The fourth-order valence-electron chi connectivity index (χ4n) is 9.93. The first-order valence-corrected chi connectivity index (χ1v) is 22.4. The fourth-order valence-corrected chi connectivity index (χ4v) is 9.93. The van der Waals surface area contributed by atoms with Crippen molar-refractivity contribution in [3.05, 3.63) is 211 Å². The van der Waals surface area contributed by atoms with Crippen molar-refractivity contribution in [1.82, 2.24) is 14.1 Å². The molecule has 5 nitrogen and oxygen atoms in total. The zero-order chi connectivity index (χ0) is 47.3. The second kappa shape index (κ2) is 16.2. The number of aryl methyl sites for hydroxylation is 3. The van der Waals surface area contributed by atoms with Crippen LogP contribution in [-0.2, 0) is 26.5 Å². The Balaban J connectivity index is 0.00000533. The summed E-state index contributed by atoms with van der Waals surface area (Å²) in [5.41, 5.74) is 10.8. The number of para-hydroxylation sites is 3. The molecule has 0 amide bonds. The molecule has 0 spiro atoms. The van der Waals surface area contributed by atoms with Crippen LogP contribution in [0.4, 0.5) is 11.4 Å². The van der Waals surface area contributed by atoms with Gasteiger partial charge in [-0.3, -0.25) is 0 Å². The van der Waals surface area contributed by atoms with E-state index < -0.39 is 6.85 Å². The standard InChI is InChI=1S/C61H47N4O.Pt/c1-38-24-30-48-46-17-7-8-18-47(46)51-21-13-23-56-60(51)64(59-39(2)14-11-20-52(59)53(48)32-38)37-63(56)43-15-12-16-44(34-43)66-45-29-31-50-49-19-9-10-22-55(49)65(57(50)35-45)58-33-40(3)54(36-62-58)41-25-27-42(28-26-41)61(4,5)6;/h7-33,36-37H,1-6H3;/q-3;/i3D3;. The Morgan fingerprint density at radius 1 is 0.597 bits per heavy atom. The average molecular weight is 1050 g/mol. The Kier molecular flexibility index (Phi) is 9.42. The number of aromatic nitrogens is 3. The minimum Gasteiger partial charge on any atom is -0.509 e. The second-order valence-electron chi connectivity index (χ2n) is 18.4. The largest absolute Gasteiger partial charge is 0.509 e. The molecule has 8 aromatic carbocycles. The van der Waals surface area contributed by atoms with E-state index in [2.05, 4.69) is 166 Å². The zero-order valence-corrected chi connectivity index (χ0v) is 40.0. The molecule has 0 aliphatic carbocycles. The molecule has 0 bridgehead atoms. The predicted octanol–water partition coefficient (Wildman–Crippen LogP) is 16.1. The van der Waals surface area contributed by atoms with Gasteiger partial charge in [0.05, 0.1) is 0 Å². The van der Waals surface area contributed by atoms with Crippen LogP contribution < -0.4 is 9.64 Å². The van der Waals surface area contributed by atoms with E-state index >= 15 is 0 Å². The number of fused-ring (bicyclic) bond motifs is 10. The van der Waals surface area contributed by atoms with Gasteiger partial charge in [0, 0.05) is 59.6 Å². The van der Waals surface area contributed by atoms with E-state index in [-0.39, 0.29) is 32.0 Å². The molecule has 11 aromatic rings. The molecule has 1 aliphatic heterocycles. The summed E-state index contributed by atoms with van der Waals surface area (Å²) < 4.78 is 37.0. The van der Waals surface area contributed by atoms with Crippen molar-refractivity contribution in [2.24, 2.45) is 0 Å². The number of ether oxygens (including phenoxy) is 1. The fraction of sp³-hybridized carbons (Fsp3) is 0.115. The maximum absolute atomic E-state index is 8.66. The molecule has 330 valence electrons. The molecule has 0 saturated carbocycles. The van der Waals surface area contributed by atoms with Gasteiger partial charge in [-0.15, -0.1) is 35.7 Å². The summed E-state index contributed by atoms with van der Waals surface area (Å²) >= 11 is 0. The molecule has 6 heteroatoms. The third-order valence-electron chi connectivity index (χ3n) is 13.2. The van der Waals surface area contributed by atoms with Crippen molar-refractivity contribution in [2.45, 2.75) is 46.9 Å². The summed E-state index contributed by atoms with van der Waals surface area (Å²) in [5, 5.41) is 9.00. The molecule has 0 radical (unpaired) electrons. The van der Waals surface area contributed by atoms with E-state index in [1.807, 2.05) is 59.2 Å². The molecule has 1 aliphatic rings. The van der Waals surface area contributed by atoms with Crippen molar-refractivity contribution < 1.29 is 29.9 Å². The quantitative estimate of drug-likeness (QED) is 0.161. The van der Waals surface area contributed by atoms with E-state index in [4.69, 9.17) is 13.8 Å². The molecule has 0 unspecified atom stereocenters. The summed E-state index contributed by atoms with van der Waals surface area (Å²) in [5.74, 6) is 1.49. The number of pyridine rings is 1.